The number of anilines is 1. The molecule has 6 heteroatoms. The fourth-order valence-electron chi connectivity index (χ4n) is 2.82. The summed E-state index contributed by atoms with van der Waals surface area (Å²) in [7, 11) is 1.60. The number of nitrogens with one attached hydrogen (secondary N) is 3. The lowest BCUT2D eigenvalue weighted by Gasteiger charge is -2.01. The summed E-state index contributed by atoms with van der Waals surface area (Å²) in [5.74, 6) is 1.37. The number of rotatable bonds is 2. The first-order valence-electron chi connectivity index (χ1n) is 6.91. The van der Waals surface area contributed by atoms with Gasteiger partial charge in [0, 0.05) is 11.8 Å². The van der Waals surface area contributed by atoms with Gasteiger partial charge in [-0.15, -0.1) is 0 Å². The second-order valence-corrected chi connectivity index (χ2v) is 5.18. The van der Waals surface area contributed by atoms with Crippen molar-refractivity contribution in [1.29, 1.82) is 0 Å². The van der Waals surface area contributed by atoms with Gasteiger partial charge in [0.15, 0.2) is 0 Å². The van der Waals surface area contributed by atoms with E-state index < -0.39 is 0 Å². The van der Waals surface area contributed by atoms with Crippen molar-refractivity contribution in [3.05, 3.63) is 41.5 Å². The van der Waals surface area contributed by atoms with E-state index in [1.54, 1.807) is 19.4 Å². The molecule has 4 rings (SSSR count). The number of methoxy groups -OCH3 is 1. The van der Waals surface area contributed by atoms with E-state index in [1.165, 1.54) is 0 Å². The van der Waals surface area contributed by atoms with Gasteiger partial charge in [-0.25, -0.2) is 4.98 Å². The average Bonchev–Trinajstić information content (AvgIpc) is 3.16. The van der Waals surface area contributed by atoms with Crippen molar-refractivity contribution in [2.24, 2.45) is 0 Å². The topological polar surface area (TPSA) is 82.8 Å². The SMILES string of the molecule is COc1cc[nH]c1/C=C1\C(=O)Nc2ccc3[nH]c(C)nc3c21. The fraction of sp³-hybridized carbons (Fsp3) is 0.125. The van der Waals surface area contributed by atoms with Gasteiger partial charge in [0.1, 0.15) is 11.6 Å². The zero-order valence-corrected chi connectivity index (χ0v) is 12.2. The molecule has 0 saturated heterocycles. The predicted octanol–water partition coefficient (Wildman–Crippen LogP) is 2.70. The Morgan fingerprint density at radius 1 is 1.27 bits per heavy atom. The molecule has 1 aliphatic heterocycles. The van der Waals surface area contributed by atoms with Gasteiger partial charge in [0.25, 0.3) is 5.91 Å². The van der Waals surface area contributed by atoms with E-state index in [2.05, 4.69) is 20.3 Å². The highest BCUT2D eigenvalue weighted by molar-refractivity contribution is 6.37. The van der Waals surface area contributed by atoms with Crippen LogP contribution in [-0.4, -0.2) is 28.0 Å². The zero-order valence-electron chi connectivity index (χ0n) is 12.2. The molecular weight excluding hydrogens is 280 g/mol. The van der Waals surface area contributed by atoms with Gasteiger partial charge in [-0.05, 0) is 31.2 Å². The molecule has 0 fully saturated rings. The summed E-state index contributed by atoms with van der Waals surface area (Å²) in [5.41, 5.74) is 4.64. The van der Waals surface area contributed by atoms with Crippen molar-refractivity contribution in [2.45, 2.75) is 6.92 Å². The van der Waals surface area contributed by atoms with E-state index in [0.717, 1.165) is 33.8 Å². The molecule has 1 aliphatic rings. The van der Waals surface area contributed by atoms with E-state index in [4.69, 9.17) is 4.74 Å². The number of carbonyl (C=O) groups excluding carboxylic acids is 1. The number of aromatic amines is 2. The summed E-state index contributed by atoms with van der Waals surface area (Å²) < 4.78 is 5.28. The van der Waals surface area contributed by atoms with Crippen molar-refractivity contribution in [3.8, 4) is 5.75 Å². The average molecular weight is 294 g/mol. The lowest BCUT2D eigenvalue weighted by atomic mass is 10.0. The zero-order chi connectivity index (χ0) is 15.3. The van der Waals surface area contributed by atoms with Gasteiger partial charge < -0.3 is 20.0 Å². The number of carbonyl (C=O) groups is 1. The minimum atomic E-state index is -0.139. The molecule has 110 valence electrons. The van der Waals surface area contributed by atoms with Gasteiger partial charge in [-0.2, -0.15) is 0 Å². The molecule has 0 aliphatic carbocycles. The standard InChI is InChI=1S/C16H14N4O2/c1-8-18-11-4-3-10-14(15(11)19-8)9(16(21)20-10)7-12-13(22-2)5-6-17-12/h3-7,17H,1-2H3,(H,18,19)(H,20,21)/b9-7-. The van der Waals surface area contributed by atoms with Crippen LogP contribution in [0.3, 0.4) is 0 Å². The van der Waals surface area contributed by atoms with Crippen molar-refractivity contribution >= 4 is 34.3 Å². The molecular formula is C16H14N4O2. The molecule has 0 atom stereocenters. The molecule has 0 radical (unpaired) electrons. The summed E-state index contributed by atoms with van der Waals surface area (Å²) in [5, 5.41) is 2.88. The van der Waals surface area contributed by atoms with Crippen LogP contribution in [0.4, 0.5) is 5.69 Å². The van der Waals surface area contributed by atoms with Crippen LogP contribution in [-0.2, 0) is 4.79 Å². The Labute approximate surface area is 126 Å². The number of imidazole rings is 1. The molecule has 0 unspecified atom stereocenters. The van der Waals surface area contributed by atoms with Gasteiger partial charge >= 0.3 is 0 Å². The summed E-state index contributed by atoms with van der Waals surface area (Å²) in [4.78, 5) is 23.1. The summed E-state index contributed by atoms with van der Waals surface area (Å²) in [6, 6.07) is 5.63. The third-order valence-electron chi connectivity index (χ3n) is 3.78. The first-order valence-corrected chi connectivity index (χ1v) is 6.91. The molecule has 0 spiro atoms. The minimum Gasteiger partial charge on any atom is -0.495 e. The molecule has 3 heterocycles. The van der Waals surface area contributed by atoms with Crippen LogP contribution < -0.4 is 10.1 Å². The Balaban J connectivity index is 1.96. The molecule has 3 N–H and O–H groups in total. The van der Waals surface area contributed by atoms with Crippen LogP contribution >= 0.6 is 0 Å². The summed E-state index contributed by atoms with van der Waals surface area (Å²) in [6.45, 7) is 1.90. The van der Waals surface area contributed by atoms with E-state index in [0.29, 0.717) is 11.3 Å². The largest absolute Gasteiger partial charge is 0.495 e. The number of ether oxygens (including phenoxy) is 1. The minimum absolute atomic E-state index is 0.139. The number of hydrogen-bond acceptors (Lipinski definition) is 3. The van der Waals surface area contributed by atoms with Crippen LogP contribution in [0.5, 0.6) is 5.75 Å². The first kappa shape index (κ1) is 12.7. The smallest absolute Gasteiger partial charge is 0.256 e. The molecule has 0 saturated carbocycles. The highest BCUT2D eigenvalue weighted by Crippen LogP contribution is 2.38. The van der Waals surface area contributed by atoms with Gasteiger partial charge in [-0.3, -0.25) is 4.79 Å². The molecule has 0 bridgehead atoms. The van der Waals surface area contributed by atoms with Crippen LogP contribution in [0.1, 0.15) is 17.1 Å². The molecule has 22 heavy (non-hydrogen) atoms. The number of aryl methyl sites for hydroxylation is 1. The quantitative estimate of drug-likeness (QED) is 0.635. The summed E-state index contributed by atoms with van der Waals surface area (Å²) >= 11 is 0. The second-order valence-electron chi connectivity index (χ2n) is 5.18. The Kier molecular flexibility index (Phi) is 2.59. The Morgan fingerprint density at radius 3 is 2.95 bits per heavy atom. The number of aromatic nitrogens is 3. The Morgan fingerprint density at radius 2 is 2.14 bits per heavy atom. The fourth-order valence-corrected chi connectivity index (χ4v) is 2.82. The highest BCUT2D eigenvalue weighted by atomic mass is 16.5. The van der Waals surface area contributed by atoms with E-state index in [1.807, 2.05) is 25.1 Å². The first-order chi connectivity index (χ1) is 10.7. The summed E-state index contributed by atoms with van der Waals surface area (Å²) in [6.07, 6.45) is 3.57. The maximum atomic E-state index is 12.3. The van der Waals surface area contributed by atoms with Crippen LogP contribution in [0, 0.1) is 6.92 Å². The Hall–Kier alpha value is -3.02. The van der Waals surface area contributed by atoms with Crippen molar-refractivity contribution in [1.82, 2.24) is 15.0 Å². The third kappa shape index (κ3) is 1.74. The number of nitrogens with zero attached hydrogens (tertiary/aromatic N) is 1. The lowest BCUT2D eigenvalue weighted by Crippen LogP contribution is -2.03. The van der Waals surface area contributed by atoms with Crippen LogP contribution in [0.15, 0.2) is 24.4 Å². The van der Waals surface area contributed by atoms with Gasteiger partial charge in [0.05, 0.1) is 35.1 Å². The molecule has 3 aromatic rings. The number of H-pyrrole nitrogens is 2. The maximum absolute atomic E-state index is 12.3. The predicted molar refractivity (Wildman–Crippen MR) is 84.7 cm³/mol. The molecule has 2 aromatic heterocycles. The molecule has 1 amide bonds. The van der Waals surface area contributed by atoms with Crippen LogP contribution in [0.25, 0.3) is 22.7 Å². The number of benzene rings is 1. The molecule has 6 nitrogen and oxygen atoms in total. The van der Waals surface area contributed by atoms with E-state index >= 15 is 0 Å². The Bertz CT molecular complexity index is 933. The van der Waals surface area contributed by atoms with Crippen molar-refractivity contribution in [3.63, 3.8) is 0 Å². The second kappa shape index (κ2) is 4.49. The van der Waals surface area contributed by atoms with Crippen molar-refractivity contribution < 1.29 is 9.53 Å². The maximum Gasteiger partial charge on any atom is 0.256 e. The van der Waals surface area contributed by atoms with E-state index in [-0.39, 0.29) is 5.91 Å². The van der Waals surface area contributed by atoms with E-state index in [9.17, 15) is 4.79 Å². The van der Waals surface area contributed by atoms with Crippen molar-refractivity contribution in [2.75, 3.05) is 12.4 Å². The lowest BCUT2D eigenvalue weighted by molar-refractivity contribution is -0.110. The van der Waals surface area contributed by atoms with Gasteiger partial charge in [-0.1, -0.05) is 0 Å². The molecule has 1 aromatic carbocycles. The van der Waals surface area contributed by atoms with Gasteiger partial charge in [0.2, 0.25) is 0 Å². The number of hydrogen-bond donors (Lipinski definition) is 3. The van der Waals surface area contributed by atoms with Crippen LogP contribution in [0.2, 0.25) is 0 Å². The number of amides is 1. The third-order valence-corrected chi connectivity index (χ3v) is 3.78. The highest BCUT2D eigenvalue weighted by Gasteiger charge is 2.28. The normalized spacial score (nSPS) is 15.4. The monoisotopic (exact) mass is 294 g/mol. The number of fused-ring (bicyclic) bond motifs is 3.